The second kappa shape index (κ2) is 5.96. The number of hydrogen-bond acceptors (Lipinski definition) is 5. The van der Waals surface area contributed by atoms with Gasteiger partial charge in [-0.3, -0.25) is 0 Å². The maximum absolute atomic E-state index is 13.1. The van der Waals surface area contributed by atoms with Crippen molar-refractivity contribution < 1.29 is 13.7 Å². The number of ether oxygens (including phenoxy) is 1. The Kier molecular flexibility index (Phi) is 4.18. The zero-order valence-electron chi connectivity index (χ0n) is 12.2. The Balaban J connectivity index is 1.75. The van der Waals surface area contributed by atoms with Crippen LogP contribution in [-0.2, 0) is 5.54 Å². The molecule has 0 amide bonds. The molecular formula is C15H17BrFN3O2. The normalized spacial score (nSPS) is 18.4. The highest BCUT2D eigenvalue weighted by Gasteiger charge is 2.36. The number of benzene rings is 1. The lowest BCUT2D eigenvalue weighted by Gasteiger charge is -2.18. The summed E-state index contributed by atoms with van der Waals surface area (Å²) in [5.41, 5.74) is 5.82. The van der Waals surface area contributed by atoms with Crippen LogP contribution in [0.1, 0.15) is 50.4 Å². The smallest absolute Gasteiger partial charge is 0.267 e. The van der Waals surface area contributed by atoms with Gasteiger partial charge in [0.2, 0.25) is 0 Å². The predicted molar refractivity (Wildman–Crippen MR) is 81.8 cm³/mol. The van der Waals surface area contributed by atoms with Crippen LogP contribution in [0.5, 0.6) is 5.75 Å². The van der Waals surface area contributed by atoms with Gasteiger partial charge < -0.3 is 15.0 Å². The lowest BCUT2D eigenvalue weighted by Crippen LogP contribution is -2.34. The van der Waals surface area contributed by atoms with E-state index in [1.807, 2.05) is 0 Å². The maximum Gasteiger partial charge on any atom is 0.267 e. The van der Waals surface area contributed by atoms with E-state index in [9.17, 15) is 4.39 Å². The van der Waals surface area contributed by atoms with Gasteiger partial charge in [-0.15, -0.1) is 0 Å². The average molecular weight is 370 g/mol. The maximum atomic E-state index is 13.1. The Morgan fingerprint density at radius 2 is 2.14 bits per heavy atom. The van der Waals surface area contributed by atoms with Crippen molar-refractivity contribution in [2.24, 2.45) is 5.73 Å². The molecule has 3 rings (SSSR count). The number of hydrogen-bond donors (Lipinski definition) is 1. The van der Waals surface area contributed by atoms with Crippen LogP contribution in [0.4, 0.5) is 4.39 Å². The summed E-state index contributed by atoms with van der Waals surface area (Å²) in [6.45, 7) is 1.80. The molecule has 0 spiro atoms. The molecule has 1 unspecified atom stereocenters. The van der Waals surface area contributed by atoms with Crippen LogP contribution in [0, 0.1) is 5.82 Å². The SMILES string of the molecule is CC(Oc1ccc(F)cc1Br)c1nc(C2(N)CCCC2)no1. The van der Waals surface area contributed by atoms with Crippen molar-refractivity contribution in [2.75, 3.05) is 0 Å². The minimum atomic E-state index is -0.488. The molecular weight excluding hydrogens is 353 g/mol. The second-order valence-corrected chi connectivity index (χ2v) is 6.51. The number of rotatable bonds is 4. The van der Waals surface area contributed by atoms with E-state index in [1.54, 1.807) is 13.0 Å². The molecule has 1 aliphatic rings. The fraction of sp³-hybridized carbons (Fsp3) is 0.467. The molecule has 1 saturated carbocycles. The molecule has 5 nitrogen and oxygen atoms in total. The summed E-state index contributed by atoms with van der Waals surface area (Å²) >= 11 is 3.26. The highest BCUT2D eigenvalue weighted by atomic mass is 79.9. The van der Waals surface area contributed by atoms with Gasteiger partial charge in [0.05, 0.1) is 10.0 Å². The summed E-state index contributed by atoms with van der Waals surface area (Å²) in [6, 6.07) is 4.22. The van der Waals surface area contributed by atoms with E-state index in [-0.39, 0.29) is 5.82 Å². The second-order valence-electron chi connectivity index (χ2n) is 5.65. The third-order valence-corrected chi connectivity index (χ3v) is 4.55. The van der Waals surface area contributed by atoms with Crippen LogP contribution in [0.2, 0.25) is 0 Å². The van der Waals surface area contributed by atoms with Crippen LogP contribution in [0.15, 0.2) is 27.2 Å². The van der Waals surface area contributed by atoms with Crippen LogP contribution >= 0.6 is 15.9 Å². The standard InChI is InChI=1S/C15H17BrFN3O2/c1-9(21-12-5-4-10(17)8-11(12)16)13-19-14(20-22-13)15(18)6-2-3-7-15/h4-5,8-9H,2-3,6-7,18H2,1H3. The first-order valence-corrected chi connectivity index (χ1v) is 8.02. The molecule has 7 heteroatoms. The van der Waals surface area contributed by atoms with E-state index in [0.717, 1.165) is 25.7 Å². The van der Waals surface area contributed by atoms with E-state index in [4.69, 9.17) is 15.0 Å². The van der Waals surface area contributed by atoms with Gasteiger partial charge in [-0.1, -0.05) is 18.0 Å². The molecule has 1 aromatic carbocycles. The molecule has 1 aromatic heterocycles. The lowest BCUT2D eigenvalue weighted by atomic mass is 9.99. The molecule has 0 aliphatic heterocycles. The third kappa shape index (κ3) is 3.01. The lowest BCUT2D eigenvalue weighted by molar-refractivity contribution is 0.174. The van der Waals surface area contributed by atoms with E-state index < -0.39 is 11.6 Å². The molecule has 0 saturated heterocycles. The number of halogens is 2. The van der Waals surface area contributed by atoms with Gasteiger partial charge in [0, 0.05) is 0 Å². The zero-order valence-corrected chi connectivity index (χ0v) is 13.8. The van der Waals surface area contributed by atoms with Gasteiger partial charge in [-0.2, -0.15) is 4.98 Å². The summed E-state index contributed by atoms with van der Waals surface area (Å²) in [7, 11) is 0. The van der Waals surface area contributed by atoms with Crippen molar-refractivity contribution in [3.63, 3.8) is 0 Å². The molecule has 1 aliphatic carbocycles. The van der Waals surface area contributed by atoms with Gasteiger partial charge in [0.15, 0.2) is 11.9 Å². The molecule has 0 bridgehead atoms. The van der Waals surface area contributed by atoms with Gasteiger partial charge in [0.1, 0.15) is 11.6 Å². The summed E-state index contributed by atoms with van der Waals surface area (Å²) < 4.78 is 24.6. The van der Waals surface area contributed by atoms with E-state index in [0.29, 0.717) is 21.9 Å². The first-order chi connectivity index (χ1) is 10.5. The van der Waals surface area contributed by atoms with E-state index in [2.05, 4.69) is 26.1 Å². The molecule has 1 atom stereocenters. The van der Waals surface area contributed by atoms with Crippen molar-refractivity contribution in [3.8, 4) is 5.75 Å². The van der Waals surface area contributed by atoms with Crippen LogP contribution < -0.4 is 10.5 Å². The van der Waals surface area contributed by atoms with Crippen molar-refractivity contribution >= 4 is 15.9 Å². The van der Waals surface area contributed by atoms with E-state index >= 15 is 0 Å². The molecule has 0 radical (unpaired) electrons. The number of nitrogens with zero attached hydrogens (tertiary/aromatic N) is 2. The summed E-state index contributed by atoms with van der Waals surface area (Å²) in [5.74, 6) is 1.08. The number of aromatic nitrogens is 2. The Hall–Kier alpha value is -1.47. The highest BCUT2D eigenvalue weighted by molar-refractivity contribution is 9.10. The van der Waals surface area contributed by atoms with Crippen LogP contribution in [-0.4, -0.2) is 10.1 Å². The van der Waals surface area contributed by atoms with Gasteiger partial charge in [-0.05, 0) is 53.9 Å². The fourth-order valence-electron chi connectivity index (χ4n) is 2.64. The summed E-state index contributed by atoms with van der Waals surface area (Å²) in [6.07, 6.45) is 3.44. The van der Waals surface area contributed by atoms with Gasteiger partial charge >= 0.3 is 0 Å². The largest absolute Gasteiger partial charge is 0.480 e. The molecule has 118 valence electrons. The first kappa shape index (κ1) is 15.4. The van der Waals surface area contributed by atoms with Crippen molar-refractivity contribution in [1.29, 1.82) is 0 Å². The average Bonchev–Trinajstić information content (AvgIpc) is 3.11. The molecule has 2 N–H and O–H groups in total. The minimum Gasteiger partial charge on any atom is -0.480 e. The quantitative estimate of drug-likeness (QED) is 0.885. The third-order valence-electron chi connectivity index (χ3n) is 3.93. The fourth-order valence-corrected chi connectivity index (χ4v) is 3.09. The molecule has 2 aromatic rings. The molecule has 1 heterocycles. The Morgan fingerprint density at radius 1 is 1.41 bits per heavy atom. The zero-order chi connectivity index (χ0) is 15.7. The van der Waals surface area contributed by atoms with Crippen LogP contribution in [0.25, 0.3) is 0 Å². The predicted octanol–water partition coefficient (Wildman–Crippen LogP) is 3.84. The Bertz CT molecular complexity index is 671. The summed E-state index contributed by atoms with van der Waals surface area (Å²) in [4.78, 5) is 4.39. The van der Waals surface area contributed by atoms with Gasteiger partial charge in [0.25, 0.3) is 5.89 Å². The minimum absolute atomic E-state index is 0.335. The Labute approximate surface area is 136 Å². The first-order valence-electron chi connectivity index (χ1n) is 7.23. The van der Waals surface area contributed by atoms with E-state index in [1.165, 1.54) is 12.1 Å². The summed E-state index contributed by atoms with van der Waals surface area (Å²) in [5, 5.41) is 4.01. The number of nitrogens with two attached hydrogens (primary N) is 1. The molecule has 22 heavy (non-hydrogen) atoms. The van der Waals surface area contributed by atoms with Crippen molar-refractivity contribution in [3.05, 3.63) is 40.2 Å². The highest BCUT2D eigenvalue weighted by Crippen LogP contribution is 2.35. The topological polar surface area (TPSA) is 74.2 Å². The Morgan fingerprint density at radius 3 is 2.82 bits per heavy atom. The monoisotopic (exact) mass is 369 g/mol. The van der Waals surface area contributed by atoms with Gasteiger partial charge in [-0.25, -0.2) is 4.39 Å². The molecule has 1 fully saturated rings. The van der Waals surface area contributed by atoms with Crippen LogP contribution in [0.3, 0.4) is 0 Å². The van der Waals surface area contributed by atoms with Crippen molar-refractivity contribution in [2.45, 2.75) is 44.2 Å². The van der Waals surface area contributed by atoms with Crippen molar-refractivity contribution in [1.82, 2.24) is 10.1 Å².